The molecule has 1 aromatic carbocycles. The third-order valence-electron chi connectivity index (χ3n) is 3.15. The van der Waals surface area contributed by atoms with Gasteiger partial charge in [0.1, 0.15) is 0 Å². The van der Waals surface area contributed by atoms with Gasteiger partial charge in [0.15, 0.2) is 0 Å². The van der Waals surface area contributed by atoms with Crippen LogP contribution in [0.5, 0.6) is 0 Å². The van der Waals surface area contributed by atoms with Crippen LogP contribution < -0.4 is 10.6 Å². The van der Waals surface area contributed by atoms with Crippen molar-refractivity contribution in [3.8, 4) is 0 Å². The largest absolute Gasteiger partial charge is 0.381 e. The summed E-state index contributed by atoms with van der Waals surface area (Å²) in [5, 5.41) is 7.84. The number of para-hydroxylation sites is 1. The maximum absolute atomic E-state index is 6.21. The van der Waals surface area contributed by atoms with Crippen LogP contribution in [-0.2, 0) is 0 Å². The minimum absolute atomic E-state index is 0.550. The average molecular weight is 239 g/mol. The highest BCUT2D eigenvalue weighted by atomic mass is 35.5. The van der Waals surface area contributed by atoms with Crippen molar-refractivity contribution in [1.82, 2.24) is 5.32 Å². The second-order valence-corrected chi connectivity index (χ2v) is 4.86. The summed E-state index contributed by atoms with van der Waals surface area (Å²) in [5.41, 5.74) is 2.33. The zero-order chi connectivity index (χ0) is 11.4. The van der Waals surface area contributed by atoms with Gasteiger partial charge in [0.2, 0.25) is 0 Å². The van der Waals surface area contributed by atoms with Crippen LogP contribution in [-0.4, -0.2) is 19.1 Å². The highest BCUT2D eigenvalue weighted by molar-refractivity contribution is 6.33. The monoisotopic (exact) mass is 238 g/mol. The van der Waals surface area contributed by atoms with Crippen molar-refractivity contribution in [3.63, 3.8) is 0 Å². The summed E-state index contributed by atoms with van der Waals surface area (Å²) in [6.07, 6.45) is 3.63. The third-order valence-corrected chi connectivity index (χ3v) is 3.46. The Morgan fingerprint density at radius 2 is 2.19 bits per heavy atom. The molecule has 1 unspecified atom stereocenters. The maximum atomic E-state index is 6.21. The Kier molecular flexibility index (Phi) is 4.08. The van der Waals surface area contributed by atoms with E-state index in [2.05, 4.69) is 23.6 Å². The number of benzene rings is 1. The zero-order valence-corrected chi connectivity index (χ0v) is 10.5. The van der Waals surface area contributed by atoms with Crippen molar-refractivity contribution in [2.24, 2.45) is 0 Å². The Labute approximate surface area is 102 Å². The van der Waals surface area contributed by atoms with E-state index in [9.17, 15) is 0 Å². The van der Waals surface area contributed by atoms with Crippen LogP contribution in [0.4, 0.5) is 5.69 Å². The first-order valence-corrected chi connectivity index (χ1v) is 6.37. The van der Waals surface area contributed by atoms with E-state index in [1.807, 2.05) is 12.1 Å². The molecule has 1 saturated heterocycles. The molecule has 2 rings (SSSR count). The minimum Gasteiger partial charge on any atom is -0.381 e. The summed E-state index contributed by atoms with van der Waals surface area (Å²) in [6.45, 7) is 4.34. The summed E-state index contributed by atoms with van der Waals surface area (Å²) in [7, 11) is 0. The molecule has 3 heteroatoms. The molecule has 1 heterocycles. The lowest BCUT2D eigenvalue weighted by molar-refractivity contribution is 0.637. The number of halogens is 1. The fraction of sp³-hybridized carbons (Fsp3) is 0.538. The molecule has 1 fully saturated rings. The molecule has 2 N–H and O–H groups in total. The van der Waals surface area contributed by atoms with E-state index in [0.29, 0.717) is 6.04 Å². The lowest BCUT2D eigenvalue weighted by Crippen LogP contribution is -2.22. The van der Waals surface area contributed by atoms with Crippen molar-refractivity contribution in [3.05, 3.63) is 28.8 Å². The minimum atomic E-state index is 0.550. The molecular formula is C13H19ClN2. The Hall–Kier alpha value is -0.730. The van der Waals surface area contributed by atoms with Gasteiger partial charge in [0.05, 0.1) is 10.7 Å². The average Bonchev–Trinajstić information content (AvgIpc) is 2.52. The predicted molar refractivity (Wildman–Crippen MR) is 70.3 cm³/mol. The molecule has 1 aliphatic heterocycles. The molecule has 0 bridgehead atoms. The van der Waals surface area contributed by atoms with Gasteiger partial charge in [-0.1, -0.05) is 23.7 Å². The van der Waals surface area contributed by atoms with Crippen LogP contribution in [0.2, 0.25) is 5.02 Å². The molecule has 2 nitrogen and oxygen atoms in total. The summed E-state index contributed by atoms with van der Waals surface area (Å²) in [5.74, 6) is 0. The van der Waals surface area contributed by atoms with E-state index in [1.165, 1.54) is 24.8 Å². The molecule has 88 valence electrons. The highest BCUT2D eigenvalue weighted by Crippen LogP contribution is 2.27. The van der Waals surface area contributed by atoms with Crippen molar-refractivity contribution >= 4 is 17.3 Å². The molecule has 0 aromatic heterocycles. The van der Waals surface area contributed by atoms with Gasteiger partial charge < -0.3 is 10.6 Å². The molecule has 0 aliphatic carbocycles. The number of hydrogen-bond acceptors (Lipinski definition) is 2. The molecule has 1 aliphatic rings. The van der Waals surface area contributed by atoms with Gasteiger partial charge in [-0.3, -0.25) is 0 Å². The molecular weight excluding hydrogens is 220 g/mol. The van der Waals surface area contributed by atoms with Crippen LogP contribution in [0.3, 0.4) is 0 Å². The fourth-order valence-corrected chi connectivity index (χ4v) is 2.46. The lowest BCUT2D eigenvalue weighted by atomic mass is 10.1. The topological polar surface area (TPSA) is 24.1 Å². The summed E-state index contributed by atoms with van der Waals surface area (Å²) in [6, 6.07) is 6.60. The molecule has 0 radical (unpaired) electrons. The number of anilines is 1. The van der Waals surface area contributed by atoms with Crippen molar-refractivity contribution in [2.75, 3.05) is 18.4 Å². The molecule has 0 spiro atoms. The zero-order valence-electron chi connectivity index (χ0n) is 9.72. The van der Waals surface area contributed by atoms with Crippen molar-refractivity contribution in [2.45, 2.75) is 32.2 Å². The number of hydrogen-bond donors (Lipinski definition) is 2. The molecule has 16 heavy (non-hydrogen) atoms. The lowest BCUT2D eigenvalue weighted by Gasteiger charge is -2.20. The van der Waals surface area contributed by atoms with E-state index >= 15 is 0 Å². The van der Waals surface area contributed by atoms with Crippen LogP contribution >= 0.6 is 11.6 Å². The Bertz CT molecular complexity index is 324. The van der Waals surface area contributed by atoms with Crippen LogP contribution in [0.15, 0.2) is 18.2 Å². The summed E-state index contributed by atoms with van der Waals surface area (Å²) < 4.78 is 0. The second kappa shape index (κ2) is 5.55. The molecule has 0 saturated carbocycles. The van der Waals surface area contributed by atoms with Gasteiger partial charge >= 0.3 is 0 Å². The quantitative estimate of drug-likeness (QED) is 0.827. The SMILES string of the molecule is Cc1cccc(Cl)c1NC1CCCNCC1. The predicted octanol–water partition coefficient (Wildman–Crippen LogP) is 3.20. The van der Waals surface area contributed by atoms with Crippen molar-refractivity contribution < 1.29 is 0 Å². The number of aryl methyl sites for hydroxylation is 1. The normalized spacial score (nSPS) is 21.5. The van der Waals surface area contributed by atoms with Gasteiger partial charge in [-0.25, -0.2) is 0 Å². The van der Waals surface area contributed by atoms with E-state index in [-0.39, 0.29) is 0 Å². The standard InChI is InChI=1S/C13H19ClN2/c1-10-4-2-6-12(14)13(10)16-11-5-3-8-15-9-7-11/h2,4,6,11,15-16H,3,5,7-9H2,1H3. The highest BCUT2D eigenvalue weighted by Gasteiger charge is 2.13. The van der Waals surface area contributed by atoms with E-state index in [0.717, 1.165) is 23.8 Å². The van der Waals surface area contributed by atoms with E-state index in [1.54, 1.807) is 0 Å². The number of rotatable bonds is 2. The van der Waals surface area contributed by atoms with Crippen LogP contribution in [0.1, 0.15) is 24.8 Å². The summed E-state index contributed by atoms with van der Waals surface area (Å²) >= 11 is 6.21. The smallest absolute Gasteiger partial charge is 0.0640 e. The Morgan fingerprint density at radius 3 is 3.00 bits per heavy atom. The third kappa shape index (κ3) is 2.89. The van der Waals surface area contributed by atoms with Crippen LogP contribution in [0.25, 0.3) is 0 Å². The van der Waals surface area contributed by atoms with Gasteiger partial charge in [0, 0.05) is 6.04 Å². The Balaban J connectivity index is 2.07. The van der Waals surface area contributed by atoms with E-state index < -0.39 is 0 Å². The Morgan fingerprint density at radius 1 is 1.31 bits per heavy atom. The van der Waals surface area contributed by atoms with Gasteiger partial charge in [-0.15, -0.1) is 0 Å². The first kappa shape index (κ1) is 11.7. The van der Waals surface area contributed by atoms with Gasteiger partial charge in [-0.05, 0) is 50.9 Å². The van der Waals surface area contributed by atoms with Crippen LogP contribution in [0, 0.1) is 6.92 Å². The number of nitrogens with one attached hydrogen (secondary N) is 2. The maximum Gasteiger partial charge on any atom is 0.0640 e. The fourth-order valence-electron chi connectivity index (χ4n) is 2.18. The molecule has 1 aromatic rings. The second-order valence-electron chi connectivity index (χ2n) is 4.45. The van der Waals surface area contributed by atoms with Gasteiger partial charge in [-0.2, -0.15) is 0 Å². The van der Waals surface area contributed by atoms with Gasteiger partial charge in [0.25, 0.3) is 0 Å². The summed E-state index contributed by atoms with van der Waals surface area (Å²) in [4.78, 5) is 0. The first-order chi connectivity index (χ1) is 7.77. The van der Waals surface area contributed by atoms with E-state index in [4.69, 9.17) is 11.6 Å². The molecule has 1 atom stereocenters. The molecule has 0 amide bonds. The van der Waals surface area contributed by atoms with Crippen molar-refractivity contribution in [1.29, 1.82) is 0 Å². The first-order valence-electron chi connectivity index (χ1n) is 6.00.